The molecular weight excluding hydrogens is 390 g/mol. The SMILES string of the molecule is Cc1nc(OC2CCCCN2C(=O)OC(C)(C)C)c(C(N)=O)cc1Br. The van der Waals surface area contributed by atoms with Crippen LogP contribution in [-0.2, 0) is 4.74 Å². The van der Waals surface area contributed by atoms with Gasteiger partial charge in [0.15, 0.2) is 6.23 Å². The topological polar surface area (TPSA) is 94.8 Å². The van der Waals surface area contributed by atoms with Gasteiger partial charge in [-0.15, -0.1) is 0 Å². The van der Waals surface area contributed by atoms with Crippen LogP contribution >= 0.6 is 15.9 Å². The summed E-state index contributed by atoms with van der Waals surface area (Å²) < 4.78 is 12.0. The van der Waals surface area contributed by atoms with E-state index in [1.807, 2.05) is 20.8 Å². The van der Waals surface area contributed by atoms with Gasteiger partial charge in [0.05, 0.1) is 5.69 Å². The highest BCUT2D eigenvalue weighted by Gasteiger charge is 2.33. The third-order valence-corrected chi connectivity index (χ3v) is 4.51. The Morgan fingerprint density at radius 3 is 2.64 bits per heavy atom. The smallest absolute Gasteiger partial charge is 0.413 e. The molecule has 1 fully saturated rings. The maximum absolute atomic E-state index is 12.5. The van der Waals surface area contributed by atoms with Gasteiger partial charge >= 0.3 is 6.09 Å². The molecule has 2 heterocycles. The molecule has 0 spiro atoms. The molecule has 0 saturated carbocycles. The molecule has 2 rings (SSSR count). The molecule has 1 unspecified atom stereocenters. The second-order valence-electron chi connectivity index (χ2n) is 7.01. The lowest BCUT2D eigenvalue weighted by atomic mass is 10.1. The van der Waals surface area contributed by atoms with E-state index in [2.05, 4.69) is 20.9 Å². The van der Waals surface area contributed by atoms with Crippen molar-refractivity contribution >= 4 is 27.9 Å². The molecule has 1 aliphatic heterocycles. The van der Waals surface area contributed by atoms with Gasteiger partial charge in [-0.05, 0) is 62.5 Å². The minimum Gasteiger partial charge on any atom is -0.453 e. The van der Waals surface area contributed by atoms with E-state index in [0.29, 0.717) is 23.1 Å². The van der Waals surface area contributed by atoms with Crippen molar-refractivity contribution in [1.82, 2.24) is 9.88 Å². The third-order valence-electron chi connectivity index (χ3n) is 3.71. The van der Waals surface area contributed by atoms with E-state index in [4.69, 9.17) is 15.2 Å². The predicted molar refractivity (Wildman–Crippen MR) is 96.4 cm³/mol. The average molecular weight is 414 g/mol. The number of carbonyl (C=O) groups is 2. The van der Waals surface area contributed by atoms with E-state index >= 15 is 0 Å². The minimum absolute atomic E-state index is 0.133. The third kappa shape index (κ3) is 5.07. The number of hydrogen-bond acceptors (Lipinski definition) is 5. The van der Waals surface area contributed by atoms with Gasteiger partial charge in [-0.2, -0.15) is 0 Å². The molecule has 0 bridgehead atoms. The van der Waals surface area contributed by atoms with Gasteiger partial charge in [0.25, 0.3) is 5.91 Å². The lowest BCUT2D eigenvalue weighted by Crippen LogP contribution is -2.49. The number of nitrogens with zero attached hydrogens (tertiary/aromatic N) is 2. The van der Waals surface area contributed by atoms with Crippen molar-refractivity contribution in [3.05, 3.63) is 21.8 Å². The van der Waals surface area contributed by atoms with Crippen molar-refractivity contribution in [3.63, 3.8) is 0 Å². The van der Waals surface area contributed by atoms with Crippen molar-refractivity contribution < 1.29 is 19.1 Å². The fourth-order valence-electron chi connectivity index (χ4n) is 2.51. The zero-order chi connectivity index (χ0) is 18.8. The summed E-state index contributed by atoms with van der Waals surface area (Å²) in [6.07, 6.45) is 1.43. The molecule has 8 heteroatoms. The van der Waals surface area contributed by atoms with Crippen LogP contribution in [0.3, 0.4) is 0 Å². The molecule has 7 nitrogen and oxygen atoms in total. The Kier molecular flexibility index (Phi) is 5.92. The molecule has 25 heavy (non-hydrogen) atoms. The van der Waals surface area contributed by atoms with Crippen LogP contribution in [0.1, 0.15) is 56.1 Å². The van der Waals surface area contributed by atoms with Gasteiger partial charge in [0, 0.05) is 17.4 Å². The van der Waals surface area contributed by atoms with Gasteiger partial charge in [-0.1, -0.05) is 0 Å². The molecule has 1 saturated heterocycles. The first-order valence-corrected chi connectivity index (χ1v) is 9.01. The zero-order valence-electron chi connectivity index (χ0n) is 15.0. The number of likely N-dealkylation sites (tertiary alicyclic amines) is 1. The number of nitrogens with two attached hydrogens (primary N) is 1. The number of carbonyl (C=O) groups excluding carboxylic acids is 2. The van der Waals surface area contributed by atoms with Crippen LogP contribution in [0.4, 0.5) is 4.79 Å². The van der Waals surface area contributed by atoms with E-state index in [0.717, 1.165) is 12.8 Å². The summed E-state index contributed by atoms with van der Waals surface area (Å²) in [5, 5.41) is 0. The molecule has 1 atom stereocenters. The zero-order valence-corrected chi connectivity index (χ0v) is 16.6. The molecular formula is C17H24BrN3O4. The average Bonchev–Trinajstić information content (AvgIpc) is 2.49. The van der Waals surface area contributed by atoms with Crippen LogP contribution in [0.15, 0.2) is 10.5 Å². The number of halogens is 1. The van der Waals surface area contributed by atoms with E-state index < -0.39 is 23.8 Å². The summed E-state index contributed by atoms with van der Waals surface area (Å²) in [6.45, 7) is 7.76. The Hall–Kier alpha value is -1.83. The van der Waals surface area contributed by atoms with Crippen LogP contribution < -0.4 is 10.5 Å². The van der Waals surface area contributed by atoms with Crippen molar-refractivity contribution in [2.24, 2.45) is 5.73 Å². The molecule has 1 aliphatic rings. The van der Waals surface area contributed by atoms with Gasteiger partial charge in [-0.3, -0.25) is 9.69 Å². The summed E-state index contributed by atoms with van der Waals surface area (Å²) in [5.74, 6) is -0.503. The van der Waals surface area contributed by atoms with Crippen LogP contribution in [0.2, 0.25) is 0 Å². The Balaban J connectivity index is 2.26. The monoisotopic (exact) mass is 413 g/mol. The van der Waals surface area contributed by atoms with Gasteiger partial charge in [-0.25, -0.2) is 9.78 Å². The standard InChI is InChI=1S/C17H24BrN3O4/c1-10-12(18)9-11(14(19)22)15(20-10)24-13-7-5-6-8-21(13)16(23)25-17(2,3)4/h9,13H,5-8H2,1-4H3,(H2,19,22). The van der Waals surface area contributed by atoms with E-state index in [-0.39, 0.29) is 11.4 Å². The lowest BCUT2D eigenvalue weighted by Gasteiger charge is -2.36. The van der Waals surface area contributed by atoms with Gasteiger partial charge in [0.2, 0.25) is 5.88 Å². The summed E-state index contributed by atoms with van der Waals surface area (Å²) in [4.78, 5) is 30.0. The number of aromatic nitrogens is 1. The fraction of sp³-hybridized carbons (Fsp3) is 0.588. The maximum atomic E-state index is 12.5. The molecule has 2 amide bonds. The highest BCUT2D eigenvalue weighted by Crippen LogP contribution is 2.27. The molecule has 0 aromatic carbocycles. The number of aryl methyl sites for hydroxylation is 1. The molecule has 0 radical (unpaired) electrons. The summed E-state index contributed by atoms with van der Waals surface area (Å²) in [7, 11) is 0. The Labute approximate surface area is 156 Å². The molecule has 2 N–H and O–H groups in total. The maximum Gasteiger partial charge on any atom is 0.413 e. The van der Waals surface area contributed by atoms with Crippen molar-refractivity contribution in [3.8, 4) is 5.88 Å². The van der Waals surface area contributed by atoms with Crippen LogP contribution in [0.5, 0.6) is 5.88 Å². The quantitative estimate of drug-likeness (QED) is 0.818. The molecule has 138 valence electrons. The largest absolute Gasteiger partial charge is 0.453 e. The lowest BCUT2D eigenvalue weighted by molar-refractivity contribution is -0.0357. The number of ether oxygens (including phenoxy) is 2. The second kappa shape index (κ2) is 7.59. The van der Waals surface area contributed by atoms with Crippen LogP contribution in [-0.4, -0.2) is 40.3 Å². The summed E-state index contributed by atoms with van der Waals surface area (Å²) in [5.41, 5.74) is 5.68. The first-order chi connectivity index (χ1) is 11.6. The number of amides is 2. The number of primary amides is 1. The van der Waals surface area contributed by atoms with Crippen molar-refractivity contribution in [2.75, 3.05) is 6.54 Å². The van der Waals surface area contributed by atoms with Gasteiger partial charge < -0.3 is 15.2 Å². The second-order valence-corrected chi connectivity index (χ2v) is 7.87. The van der Waals surface area contributed by atoms with E-state index in [1.165, 1.54) is 0 Å². The Bertz CT molecular complexity index is 673. The molecule has 1 aromatic rings. The Morgan fingerprint density at radius 2 is 2.04 bits per heavy atom. The van der Waals surface area contributed by atoms with Crippen molar-refractivity contribution in [1.29, 1.82) is 0 Å². The normalized spacial score (nSPS) is 18.0. The summed E-state index contributed by atoms with van der Waals surface area (Å²) in [6, 6.07) is 1.58. The number of piperidine rings is 1. The highest BCUT2D eigenvalue weighted by molar-refractivity contribution is 9.10. The number of pyridine rings is 1. The number of rotatable bonds is 3. The highest BCUT2D eigenvalue weighted by atomic mass is 79.9. The minimum atomic E-state index is -0.636. The van der Waals surface area contributed by atoms with E-state index in [1.54, 1.807) is 17.9 Å². The Morgan fingerprint density at radius 1 is 1.36 bits per heavy atom. The van der Waals surface area contributed by atoms with Crippen molar-refractivity contribution in [2.45, 2.75) is 58.8 Å². The number of hydrogen-bond donors (Lipinski definition) is 1. The summed E-state index contributed by atoms with van der Waals surface area (Å²) >= 11 is 3.33. The molecule has 1 aromatic heterocycles. The fourth-order valence-corrected chi connectivity index (χ4v) is 2.82. The first-order valence-electron chi connectivity index (χ1n) is 8.21. The predicted octanol–water partition coefficient (Wildman–Crippen LogP) is 3.38. The first kappa shape index (κ1) is 19.5. The van der Waals surface area contributed by atoms with Crippen LogP contribution in [0, 0.1) is 6.92 Å². The van der Waals surface area contributed by atoms with Gasteiger partial charge in [0.1, 0.15) is 11.2 Å². The van der Waals surface area contributed by atoms with E-state index in [9.17, 15) is 9.59 Å². The molecule has 0 aliphatic carbocycles. The van der Waals surface area contributed by atoms with Crippen LogP contribution in [0.25, 0.3) is 0 Å².